The summed E-state index contributed by atoms with van der Waals surface area (Å²) in [6.07, 6.45) is 6.51. The standard InChI is InChI=1S/C26H36ClN5.C2H6/c1-3-15-29-24-13-7-5-11-21(24)19(2)32-26(17-23(28)25-14-8-9-16-30-25)31-18-20-10-4-6-12-22(20)27;1-2/h4-7,10-13,17,19,25,29-30H,3,8-9,14-16,18,28H2,1-2H3,(H,31,32);1-2H3/b23-17-;. The van der Waals surface area contributed by atoms with Gasteiger partial charge in [0.25, 0.3) is 0 Å². The number of nitrogens with one attached hydrogen (secondary N) is 3. The predicted molar refractivity (Wildman–Crippen MR) is 149 cm³/mol. The van der Waals surface area contributed by atoms with Crippen LogP contribution in [0.15, 0.2) is 65.3 Å². The van der Waals surface area contributed by atoms with Gasteiger partial charge in [0.1, 0.15) is 5.84 Å². The first-order chi connectivity index (χ1) is 16.6. The van der Waals surface area contributed by atoms with E-state index in [1.54, 1.807) is 0 Å². The SMILES string of the molecule is CC.CCCNc1ccccc1C(C)NC(/C=C(\N)C1CCCCN1)=NCc1ccccc1Cl. The number of aliphatic imine (C=N–C) groups is 1. The van der Waals surface area contributed by atoms with Crippen LogP contribution in [-0.4, -0.2) is 25.0 Å². The first-order valence-corrected chi connectivity index (χ1v) is 13.0. The van der Waals surface area contributed by atoms with E-state index < -0.39 is 0 Å². The number of anilines is 1. The Morgan fingerprint density at radius 2 is 1.91 bits per heavy atom. The van der Waals surface area contributed by atoms with E-state index in [9.17, 15) is 0 Å². The highest BCUT2D eigenvalue weighted by Crippen LogP contribution is 2.23. The number of hydrogen-bond donors (Lipinski definition) is 4. The van der Waals surface area contributed by atoms with Crippen LogP contribution in [0.2, 0.25) is 5.02 Å². The van der Waals surface area contributed by atoms with Crippen LogP contribution >= 0.6 is 11.6 Å². The Bertz CT molecular complexity index is 919. The van der Waals surface area contributed by atoms with Gasteiger partial charge in [-0.2, -0.15) is 0 Å². The molecule has 1 aliphatic rings. The number of benzene rings is 2. The Labute approximate surface area is 211 Å². The molecule has 6 heteroatoms. The summed E-state index contributed by atoms with van der Waals surface area (Å²) in [7, 11) is 0. The van der Waals surface area contributed by atoms with Crippen molar-refractivity contribution < 1.29 is 0 Å². The molecule has 1 aliphatic heterocycles. The summed E-state index contributed by atoms with van der Waals surface area (Å²) in [4.78, 5) is 4.86. The third-order valence-electron chi connectivity index (χ3n) is 5.75. The molecular weight excluding hydrogens is 442 g/mol. The van der Waals surface area contributed by atoms with Crippen LogP contribution in [-0.2, 0) is 6.54 Å². The molecule has 2 aromatic carbocycles. The quantitative estimate of drug-likeness (QED) is 0.245. The average molecular weight is 484 g/mol. The van der Waals surface area contributed by atoms with E-state index in [0.717, 1.165) is 53.7 Å². The lowest BCUT2D eigenvalue weighted by Crippen LogP contribution is -2.39. The normalized spacial score (nSPS) is 17.4. The van der Waals surface area contributed by atoms with Gasteiger partial charge in [-0.15, -0.1) is 0 Å². The lowest BCUT2D eigenvalue weighted by Gasteiger charge is -2.25. The second-order valence-electron chi connectivity index (χ2n) is 8.32. The molecule has 1 fully saturated rings. The topological polar surface area (TPSA) is 74.5 Å². The van der Waals surface area contributed by atoms with Crippen molar-refractivity contribution in [3.63, 3.8) is 0 Å². The van der Waals surface area contributed by atoms with Gasteiger partial charge in [-0.1, -0.05) is 75.2 Å². The van der Waals surface area contributed by atoms with Crippen molar-refractivity contribution in [2.75, 3.05) is 18.4 Å². The monoisotopic (exact) mass is 483 g/mol. The number of nitrogens with zero attached hydrogens (tertiary/aromatic N) is 1. The van der Waals surface area contributed by atoms with Crippen molar-refractivity contribution in [3.05, 3.63) is 76.5 Å². The molecule has 0 saturated carbocycles. The molecule has 2 aromatic rings. The summed E-state index contributed by atoms with van der Waals surface area (Å²) in [6.45, 7) is 10.8. The smallest absolute Gasteiger partial charge is 0.123 e. The molecule has 0 aromatic heterocycles. The minimum absolute atomic E-state index is 0.0592. The molecule has 5 N–H and O–H groups in total. The van der Waals surface area contributed by atoms with Gasteiger partial charge in [-0.25, -0.2) is 0 Å². The summed E-state index contributed by atoms with van der Waals surface area (Å²) in [5.74, 6) is 0.771. The average Bonchev–Trinajstić information content (AvgIpc) is 2.88. The zero-order chi connectivity index (χ0) is 24.8. The van der Waals surface area contributed by atoms with Crippen LogP contribution in [0, 0.1) is 0 Å². The molecule has 0 bridgehead atoms. The van der Waals surface area contributed by atoms with Gasteiger partial charge in [0.15, 0.2) is 0 Å². The number of hydrogen-bond acceptors (Lipinski definition) is 4. The van der Waals surface area contributed by atoms with Gasteiger partial charge in [0.2, 0.25) is 0 Å². The van der Waals surface area contributed by atoms with Crippen molar-refractivity contribution in [3.8, 4) is 0 Å². The summed E-state index contributed by atoms with van der Waals surface area (Å²) >= 11 is 6.36. The van der Waals surface area contributed by atoms with Gasteiger partial charge in [0.05, 0.1) is 12.6 Å². The van der Waals surface area contributed by atoms with Gasteiger partial charge in [-0.3, -0.25) is 4.99 Å². The van der Waals surface area contributed by atoms with Gasteiger partial charge in [0, 0.05) is 35.1 Å². The number of nitrogens with two attached hydrogens (primary N) is 1. The molecular formula is C28H42ClN5. The Hall–Kier alpha value is -2.50. The molecule has 2 unspecified atom stereocenters. The van der Waals surface area contributed by atoms with Crippen LogP contribution in [0.25, 0.3) is 0 Å². The Morgan fingerprint density at radius 3 is 2.62 bits per heavy atom. The van der Waals surface area contributed by atoms with Crippen molar-refractivity contribution in [1.29, 1.82) is 0 Å². The zero-order valence-corrected chi connectivity index (χ0v) is 22.0. The Morgan fingerprint density at radius 1 is 1.18 bits per heavy atom. The third kappa shape index (κ3) is 8.69. The van der Waals surface area contributed by atoms with Crippen LogP contribution in [0.5, 0.6) is 0 Å². The summed E-state index contributed by atoms with van der Waals surface area (Å²) in [6, 6.07) is 16.5. The second-order valence-corrected chi connectivity index (χ2v) is 8.73. The van der Waals surface area contributed by atoms with Gasteiger partial charge >= 0.3 is 0 Å². The molecule has 186 valence electrons. The number of halogens is 1. The summed E-state index contributed by atoms with van der Waals surface area (Å²) in [5, 5.41) is 11.4. The number of piperidine rings is 1. The van der Waals surface area contributed by atoms with E-state index >= 15 is 0 Å². The van der Waals surface area contributed by atoms with Crippen molar-refractivity contribution in [1.82, 2.24) is 10.6 Å². The maximum absolute atomic E-state index is 6.50. The van der Waals surface area contributed by atoms with Crippen molar-refractivity contribution in [2.45, 2.75) is 72.0 Å². The minimum Gasteiger partial charge on any atom is -0.401 e. The highest BCUT2D eigenvalue weighted by atomic mass is 35.5. The Balaban J connectivity index is 0.00000199. The van der Waals surface area contributed by atoms with Crippen molar-refractivity contribution >= 4 is 23.1 Å². The highest BCUT2D eigenvalue weighted by molar-refractivity contribution is 6.31. The second kappa shape index (κ2) is 15.4. The number of rotatable bonds is 9. The fraction of sp³-hybridized carbons (Fsp3) is 0.464. The van der Waals surface area contributed by atoms with E-state index in [-0.39, 0.29) is 12.1 Å². The van der Waals surface area contributed by atoms with E-state index in [0.29, 0.717) is 6.54 Å². The fourth-order valence-electron chi connectivity index (χ4n) is 3.92. The molecule has 0 aliphatic carbocycles. The molecule has 0 radical (unpaired) electrons. The molecule has 1 heterocycles. The Kier molecular flexibility index (Phi) is 12.6. The van der Waals surface area contributed by atoms with Crippen LogP contribution in [0.3, 0.4) is 0 Å². The lowest BCUT2D eigenvalue weighted by atomic mass is 10.0. The molecule has 5 nitrogen and oxygen atoms in total. The highest BCUT2D eigenvalue weighted by Gasteiger charge is 2.17. The van der Waals surface area contributed by atoms with Gasteiger partial charge < -0.3 is 21.7 Å². The summed E-state index contributed by atoms with van der Waals surface area (Å²) < 4.78 is 0. The van der Waals surface area contributed by atoms with Crippen molar-refractivity contribution in [2.24, 2.45) is 10.7 Å². The minimum atomic E-state index is 0.0592. The number of amidine groups is 1. The third-order valence-corrected chi connectivity index (χ3v) is 6.12. The molecule has 34 heavy (non-hydrogen) atoms. The molecule has 2 atom stereocenters. The van der Waals surface area contributed by atoms with E-state index in [1.165, 1.54) is 18.4 Å². The zero-order valence-electron chi connectivity index (χ0n) is 21.2. The van der Waals surface area contributed by atoms with E-state index in [1.807, 2.05) is 44.2 Å². The lowest BCUT2D eigenvalue weighted by molar-refractivity contribution is 0.437. The van der Waals surface area contributed by atoms with Crippen LogP contribution < -0.4 is 21.7 Å². The largest absolute Gasteiger partial charge is 0.401 e. The molecule has 0 spiro atoms. The fourth-order valence-corrected chi connectivity index (χ4v) is 4.12. The maximum atomic E-state index is 6.50. The van der Waals surface area contributed by atoms with E-state index in [4.69, 9.17) is 22.3 Å². The van der Waals surface area contributed by atoms with Crippen LogP contribution in [0.4, 0.5) is 5.69 Å². The molecule has 3 rings (SSSR count). The van der Waals surface area contributed by atoms with E-state index in [2.05, 4.69) is 54.1 Å². The number of para-hydroxylation sites is 1. The predicted octanol–water partition coefficient (Wildman–Crippen LogP) is 6.42. The first kappa shape index (κ1) is 27.7. The molecule has 1 saturated heterocycles. The van der Waals surface area contributed by atoms with Crippen LogP contribution in [0.1, 0.15) is 70.5 Å². The van der Waals surface area contributed by atoms with Gasteiger partial charge in [-0.05, 0) is 56.0 Å². The first-order valence-electron chi connectivity index (χ1n) is 12.7. The summed E-state index contributed by atoms with van der Waals surface area (Å²) in [5.41, 5.74) is 10.7. The maximum Gasteiger partial charge on any atom is 0.123 e. The molecule has 0 amide bonds.